The van der Waals surface area contributed by atoms with Crippen molar-refractivity contribution < 1.29 is 9.90 Å². The average molecular weight is 454 g/mol. The fraction of sp³-hybridized carbons (Fsp3) is 0.300. The van der Waals surface area contributed by atoms with E-state index in [4.69, 9.17) is 34.8 Å². The number of fused-ring (bicyclic) bond motifs is 1. The van der Waals surface area contributed by atoms with Crippen LogP contribution in [0.1, 0.15) is 17.8 Å². The lowest BCUT2D eigenvalue weighted by Gasteiger charge is -2.25. The summed E-state index contributed by atoms with van der Waals surface area (Å²) in [6.45, 7) is 1.28. The third-order valence-electron chi connectivity index (χ3n) is 5.05. The van der Waals surface area contributed by atoms with E-state index in [1.54, 1.807) is 24.3 Å². The lowest BCUT2D eigenvalue weighted by molar-refractivity contribution is -0.128. The molecule has 4 rings (SSSR count). The van der Waals surface area contributed by atoms with Crippen LogP contribution in [0.3, 0.4) is 0 Å². The molecule has 1 amide bonds. The number of aliphatic hydroxyl groups is 1. The van der Waals surface area contributed by atoms with Gasteiger partial charge in [-0.05, 0) is 42.3 Å². The van der Waals surface area contributed by atoms with Gasteiger partial charge in [0.15, 0.2) is 0 Å². The molecule has 3 aromatic rings. The summed E-state index contributed by atoms with van der Waals surface area (Å²) < 4.78 is 0. The summed E-state index contributed by atoms with van der Waals surface area (Å²) in [4.78, 5) is 22.3. The highest BCUT2D eigenvalue weighted by molar-refractivity contribution is 6.35. The number of hydrogen-bond acceptors (Lipinski definition) is 4. The predicted molar refractivity (Wildman–Crippen MR) is 114 cm³/mol. The van der Waals surface area contributed by atoms with E-state index in [0.29, 0.717) is 40.4 Å². The second-order valence-corrected chi connectivity index (χ2v) is 8.35. The molecule has 1 aliphatic rings. The van der Waals surface area contributed by atoms with E-state index in [9.17, 15) is 9.90 Å². The summed E-state index contributed by atoms with van der Waals surface area (Å²) in [7, 11) is 0. The van der Waals surface area contributed by atoms with Crippen LogP contribution in [-0.4, -0.2) is 44.6 Å². The predicted octanol–water partition coefficient (Wildman–Crippen LogP) is 3.77. The molecule has 1 aliphatic heterocycles. The molecular weight excluding hydrogens is 435 g/mol. The van der Waals surface area contributed by atoms with Crippen LogP contribution in [0.15, 0.2) is 36.4 Å². The molecule has 0 unspecified atom stereocenters. The number of carbonyl (C=O) groups excluding carboxylic acids is 1. The molecule has 3 N–H and O–H groups in total. The molecule has 0 saturated carbocycles. The van der Waals surface area contributed by atoms with Crippen molar-refractivity contribution in [2.75, 3.05) is 6.54 Å². The van der Waals surface area contributed by atoms with Gasteiger partial charge < -0.3 is 15.4 Å². The smallest absolute Gasteiger partial charge is 0.240 e. The standard InChI is InChI=1S/C20H19Cl3N4O2/c21-12-2-1-11(14(23)7-12)10-27-6-5-17(28)19(27)20(29)24-9-18-25-15-4-3-13(22)8-16(15)26-18/h1-4,7-8,17,19,28H,5-6,9-10H2,(H,24,29)(H,25,26)/t17-,19-/m0/s1. The molecule has 1 aromatic heterocycles. The summed E-state index contributed by atoms with van der Waals surface area (Å²) in [5.74, 6) is 0.369. The van der Waals surface area contributed by atoms with Gasteiger partial charge in [0.2, 0.25) is 5.91 Å². The van der Waals surface area contributed by atoms with Crippen molar-refractivity contribution in [3.05, 3.63) is 62.9 Å². The third kappa shape index (κ3) is 4.52. The zero-order chi connectivity index (χ0) is 20.5. The molecule has 29 heavy (non-hydrogen) atoms. The van der Waals surface area contributed by atoms with Crippen molar-refractivity contribution in [3.63, 3.8) is 0 Å². The van der Waals surface area contributed by atoms with Crippen LogP contribution in [0.4, 0.5) is 0 Å². The number of imidazole rings is 1. The summed E-state index contributed by atoms with van der Waals surface area (Å²) in [5, 5.41) is 14.9. The molecule has 2 aromatic carbocycles. The Labute approximate surface area is 182 Å². The van der Waals surface area contributed by atoms with Crippen molar-refractivity contribution in [2.24, 2.45) is 0 Å². The number of H-pyrrole nitrogens is 1. The van der Waals surface area contributed by atoms with E-state index in [0.717, 1.165) is 16.6 Å². The maximum absolute atomic E-state index is 12.8. The Morgan fingerprint density at radius 3 is 2.76 bits per heavy atom. The van der Waals surface area contributed by atoms with Crippen LogP contribution in [0.2, 0.25) is 15.1 Å². The lowest BCUT2D eigenvalue weighted by atomic mass is 10.1. The first-order chi connectivity index (χ1) is 13.9. The number of benzene rings is 2. The second-order valence-electron chi connectivity index (χ2n) is 7.07. The molecular formula is C20H19Cl3N4O2. The Kier molecular flexibility index (Phi) is 5.99. The fourth-order valence-electron chi connectivity index (χ4n) is 3.62. The Hall–Kier alpha value is -1.83. The molecule has 0 aliphatic carbocycles. The van der Waals surface area contributed by atoms with Crippen LogP contribution in [0.5, 0.6) is 0 Å². The van der Waals surface area contributed by atoms with E-state index in [2.05, 4.69) is 15.3 Å². The van der Waals surface area contributed by atoms with Gasteiger partial charge in [-0.2, -0.15) is 0 Å². The largest absolute Gasteiger partial charge is 0.391 e. The fourth-order valence-corrected chi connectivity index (χ4v) is 4.26. The van der Waals surface area contributed by atoms with E-state index < -0.39 is 12.1 Å². The van der Waals surface area contributed by atoms with Crippen molar-refractivity contribution in [3.8, 4) is 0 Å². The quantitative estimate of drug-likeness (QED) is 0.549. The topological polar surface area (TPSA) is 81.2 Å². The second kappa shape index (κ2) is 8.50. The third-order valence-corrected chi connectivity index (χ3v) is 5.87. The molecule has 0 radical (unpaired) electrons. The SMILES string of the molecule is O=C(NCc1nc2ccc(Cl)cc2[nH]1)[C@@H]1[C@@H](O)CCN1Cc1ccc(Cl)cc1Cl. The van der Waals surface area contributed by atoms with Gasteiger partial charge >= 0.3 is 0 Å². The molecule has 6 nitrogen and oxygen atoms in total. The zero-order valence-corrected chi connectivity index (χ0v) is 17.6. The van der Waals surface area contributed by atoms with Crippen molar-refractivity contribution in [2.45, 2.75) is 31.7 Å². The minimum Gasteiger partial charge on any atom is -0.391 e. The number of carbonyl (C=O) groups is 1. The molecule has 9 heteroatoms. The Morgan fingerprint density at radius 1 is 1.21 bits per heavy atom. The number of nitrogens with one attached hydrogen (secondary N) is 2. The van der Waals surface area contributed by atoms with Crippen LogP contribution in [0.25, 0.3) is 11.0 Å². The van der Waals surface area contributed by atoms with Gasteiger partial charge in [0.05, 0.1) is 23.7 Å². The van der Waals surface area contributed by atoms with Gasteiger partial charge in [-0.3, -0.25) is 9.69 Å². The zero-order valence-electron chi connectivity index (χ0n) is 15.3. The summed E-state index contributed by atoms with van der Waals surface area (Å²) in [6.07, 6.45) is -0.220. The van der Waals surface area contributed by atoms with Gasteiger partial charge in [0, 0.05) is 28.2 Å². The number of aromatic amines is 1. The molecule has 2 atom stereocenters. The number of aliphatic hydroxyl groups excluding tert-OH is 1. The van der Waals surface area contributed by atoms with Crippen molar-refractivity contribution in [1.29, 1.82) is 0 Å². The van der Waals surface area contributed by atoms with Crippen LogP contribution < -0.4 is 5.32 Å². The van der Waals surface area contributed by atoms with Crippen LogP contribution >= 0.6 is 34.8 Å². The minimum atomic E-state index is -0.740. The number of likely N-dealkylation sites (tertiary alicyclic amines) is 1. The lowest BCUT2D eigenvalue weighted by Crippen LogP contribution is -2.47. The number of halogens is 3. The van der Waals surface area contributed by atoms with Gasteiger partial charge in [0.1, 0.15) is 11.9 Å². The van der Waals surface area contributed by atoms with Crippen molar-refractivity contribution >= 4 is 51.7 Å². The van der Waals surface area contributed by atoms with E-state index in [-0.39, 0.29) is 12.5 Å². The van der Waals surface area contributed by atoms with Crippen LogP contribution in [0, 0.1) is 0 Å². The molecule has 152 valence electrons. The number of amides is 1. The molecule has 1 fully saturated rings. The van der Waals surface area contributed by atoms with Crippen molar-refractivity contribution in [1.82, 2.24) is 20.2 Å². The van der Waals surface area contributed by atoms with E-state index >= 15 is 0 Å². The minimum absolute atomic E-state index is 0.226. The first kappa shape index (κ1) is 20.4. The summed E-state index contributed by atoms with van der Waals surface area (Å²) in [5.41, 5.74) is 2.44. The molecule has 0 bridgehead atoms. The Morgan fingerprint density at radius 2 is 1.97 bits per heavy atom. The maximum atomic E-state index is 12.8. The number of aromatic nitrogens is 2. The van der Waals surface area contributed by atoms with Crippen LogP contribution in [-0.2, 0) is 17.9 Å². The highest BCUT2D eigenvalue weighted by Gasteiger charge is 2.38. The number of hydrogen-bond donors (Lipinski definition) is 3. The molecule has 0 spiro atoms. The Balaban J connectivity index is 1.43. The van der Waals surface area contributed by atoms with E-state index in [1.165, 1.54) is 0 Å². The highest BCUT2D eigenvalue weighted by atomic mass is 35.5. The summed E-state index contributed by atoms with van der Waals surface area (Å²) >= 11 is 18.2. The first-order valence-electron chi connectivity index (χ1n) is 9.18. The Bertz CT molecular complexity index is 1060. The average Bonchev–Trinajstić information content (AvgIpc) is 3.24. The van der Waals surface area contributed by atoms with Gasteiger partial charge in [-0.25, -0.2) is 4.98 Å². The molecule has 2 heterocycles. The van der Waals surface area contributed by atoms with Gasteiger partial charge in [0.25, 0.3) is 0 Å². The normalized spacial score (nSPS) is 19.7. The van der Waals surface area contributed by atoms with Gasteiger partial charge in [-0.15, -0.1) is 0 Å². The monoisotopic (exact) mass is 452 g/mol. The van der Waals surface area contributed by atoms with E-state index in [1.807, 2.05) is 17.0 Å². The number of nitrogens with zero attached hydrogens (tertiary/aromatic N) is 2. The number of rotatable bonds is 5. The highest BCUT2D eigenvalue weighted by Crippen LogP contribution is 2.26. The maximum Gasteiger partial charge on any atom is 0.240 e. The molecule has 1 saturated heterocycles. The van der Waals surface area contributed by atoms with Gasteiger partial charge in [-0.1, -0.05) is 40.9 Å². The first-order valence-corrected chi connectivity index (χ1v) is 10.3. The summed E-state index contributed by atoms with van der Waals surface area (Å²) in [6, 6.07) is 9.99.